The van der Waals surface area contributed by atoms with Crippen molar-refractivity contribution < 1.29 is 9.84 Å². The monoisotopic (exact) mass is 525 g/mol. The fourth-order valence-electron chi connectivity index (χ4n) is 7.55. The van der Waals surface area contributed by atoms with E-state index in [9.17, 15) is 5.11 Å². The molecule has 8 rings (SSSR count). The summed E-state index contributed by atoms with van der Waals surface area (Å²) in [6.07, 6.45) is 9.16. The maximum absolute atomic E-state index is 9.97. The minimum atomic E-state index is 0.142. The van der Waals surface area contributed by atoms with Crippen molar-refractivity contribution in [3.8, 4) is 11.6 Å². The third-order valence-corrected chi connectivity index (χ3v) is 9.50. The Morgan fingerprint density at radius 2 is 1.85 bits per heavy atom. The number of rotatable bonds is 6. The molecule has 0 radical (unpaired) electrons. The van der Waals surface area contributed by atoms with Crippen molar-refractivity contribution in [3.63, 3.8) is 0 Å². The zero-order valence-electron chi connectivity index (χ0n) is 22.2. The normalized spacial score (nSPS) is 24.2. The molecule has 0 aliphatic carbocycles. The Kier molecular flexibility index (Phi) is 5.45. The fourth-order valence-corrected chi connectivity index (χ4v) is 7.55. The van der Waals surface area contributed by atoms with Crippen LogP contribution in [-0.2, 0) is 6.54 Å². The molecular formula is C30H35N7O2. The Labute approximate surface area is 227 Å². The molecule has 0 amide bonds. The number of anilines is 1. The minimum absolute atomic E-state index is 0.142. The lowest BCUT2D eigenvalue weighted by molar-refractivity contribution is 0.111. The standard InChI is InChI=1S/C30H35N7O2/c38-24-8-9-25-20(14-24)4-1-5-21(25)15-36-19-31-26-27(36)33-29(35-16-22-6-7-23(17-35)32-22)34-28(26)39-18-30-10-2-12-37(30)13-3-11-30/h1,4-5,8-9,14,19,22-23,32,38H,2-3,6-7,10-13,15-18H2. The second-order valence-corrected chi connectivity index (χ2v) is 11.9. The molecule has 4 aromatic rings. The lowest BCUT2D eigenvalue weighted by atomic mass is 9.95. The molecule has 4 aliphatic rings. The van der Waals surface area contributed by atoms with Crippen molar-refractivity contribution in [1.82, 2.24) is 29.7 Å². The quantitative estimate of drug-likeness (QED) is 0.394. The van der Waals surface area contributed by atoms with Crippen LogP contribution in [0.2, 0.25) is 0 Å². The number of hydrogen-bond acceptors (Lipinski definition) is 8. The first kappa shape index (κ1) is 23.5. The second kappa shape index (κ2) is 9.06. The largest absolute Gasteiger partial charge is 0.508 e. The summed E-state index contributed by atoms with van der Waals surface area (Å²) >= 11 is 0. The van der Waals surface area contributed by atoms with Crippen LogP contribution < -0.4 is 15.0 Å². The highest BCUT2D eigenvalue weighted by atomic mass is 16.5. The number of benzene rings is 2. The molecule has 9 nitrogen and oxygen atoms in total. The summed E-state index contributed by atoms with van der Waals surface area (Å²) in [4.78, 5) is 19.9. The zero-order valence-corrected chi connectivity index (χ0v) is 22.2. The van der Waals surface area contributed by atoms with E-state index in [-0.39, 0.29) is 11.3 Å². The summed E-state index contributed by atoms with van der Waals surface area (Å²) in [7, 11) is 0. The van der Waals surface area contributed by atoms with Crippen LogP contribution in [0.15, 0.2) is 42.7 Å². The Bertz CT molecular complexity index is 1530. The number of piperazine rings is 1. The number of fused-ring (bicyclic) bond motifs is 5. The van der Waals surface area contributed by atoms with E-state index < -0.39 is 0 Å². The Hall–Kier alpha value is -3.43. The number of aromatic nitrogens is 4. The Morgan fingerprint density at radius 1 is 1.03 bits per heavy atom. The molecular weight excluding hydrogens is 490 g/mol. The lowest BCUT2D eigenvalue weighted by Gasteiger charge is -2.33. The SMILES string of the molecule is Oc1ccc2c(Cn3cnc4c(OCC56CCCN5CCC6)nc(N5CC6CCC(C5)N6)nc43)cccc2c1. The van der Waals surface area contributed by atoms with Gasteiger partial charge in [-0.1, -0.05) is 24.3 Å². The Balaban J connectivity index is 1.18. The van der Waals surface area contributed by atoms with Gasteiger partial charge in [-0.3, -0.25) is 4.90 Å². The van der Waals surface area contributed by atoms with Crippen molar-refractivity contribution in [3.05, 3.63) is 48.3 Å². The molecule has 0 spiro atoms. The first-order valence-corrected chi connectivity index (χ1v) is 14.5. The molecule has 2 N–H and O–H groups in total. The van der Waals surface area contributed by atoms with Crippen molar-refractivity contribution in [2.24, 2.45) is 0 Å². The maximum atomic E-state index is 9.97. The van der Waals surface area contributed by atoms with Crippen LogP contribution in [0.4, 0.5) is 5.95 Å². The number of aromatic hydroxyl groups is 1. The van der Waals surface area contributed by atoms with Gasteiger partial charge in [-0.05, 0) is 80.1 Å². The summed E-state index contributed by atoms with van der Waals surface area (Å²) in [5.41, 5.74) is 2.83. The number of hydrogen-bond donors (Lipinski definition) is 2. The number of imidazole rings is 1. The van der Waals surface area contributed by atoms with Gasteiger partial charge in [0.1, 0.15) is 12.4 Å². The van der Waals surface area contributed by atoms with Gasteiger partial charge in [-0.2, -0.15) is 9.97 Å². The average Bonchev–Trinajstić information content (AvgIpc) is 3.71. The molecule has 0 saturated carbocycles. The first-order chi connectivity index (χ1) is 19.1. The van der Waals surface area contributed by atoms with E-state index in [1.54, 1.807) is 6.07 Å². The third-order valence-electron chi connectivity index (χ3n) is 9.50. The number of nitrogens with one attached hydrogen (secondary N) is 1. The zero-order chi connectivity index (χ0) is 26.0. The summed E-state index contributed by atoms with van der Waals surface area (Å²) in [6.45, 7) is 5.47. The van der Waals surface area contributed by atoms with Gasteiger partial charge >= 0.3 is 0 Å². The molecule has 2 atom stereocenters. The van der Waals surface area contributed by atoms with E-state index in [1.807, 2.05) is 30.6 Å². The molecule has 2 aromatic carbocycles. The van der Waals surface area contributed by atoms with Gasteiger partial charge in [-0.15, -0.1) is 0 Å². The van der Waals surface area contributed by atoms with Crippen molar-refractivity contribution >= 4 is 27.9 Å². The van der Waals surface area contributed by atoms with E-state index in [4.69, 9.17) is 19.7 Å². The summed E-state index contributed by atoms with van der Waals surface area (Å²) < 4.78 is 8.73. The van der Waals surface area contributed by atoms with Gasteiger partial charge in [0.05, 0.1) is 18.4 Å². The van der Waals surface area contributed by atoms with Gasteiger partial charge in [-0.25, -0.2) is 4.98 Å². The molecule has 2 aromatic heterocycles. The molecule has 2 unspecified atom stereocenters. The fraction of sp³-hybridized carbons (Fsp3) is 0.500. The highest BCUT2D eigenvalue weighted by Gasteiger charge is 2.45. The smallest absolute Gasteiger partial charge is 0.247 e. The number of phenolic OH excluding ortho intramolecular Hbond substituents is 1. The van der Waals surface area contributed by atoms with Gasteiger partial charge in [0.2, 0.25) is 11.8 Å². The molecule has 39 heavy (non-hydrogen) atoms. The first-order valence-electron chi connectivity index (χ1n) is 14.5. The van der Waals surface area contributed by atoms with Gasteiger partial charge in [0.25, 0.3) is 0 Å². The third kappa shape index (κ3) is 4.02. The van der Waals surface area contributed by atoms with Crippen LogP contribution in [0.25, 0.3) is 21.9 Å². The van der Waals surface area contributed by atoms with Gasteiger partial charge in [0.15, 0.2) is 11.2 Å². The lowest BCUT2D eigenvalue weighted by Crippen LogP contribution is -2.51. The van der Waals surface area contributed by atoms with Crippen LogP contribution in [0.3, 0.4) is 0 Å². The highest BCUT2D eigenvalue weighted by molar-refractivity contribution is 5.87. The molecule has 9 heteroatoms. The highest BCUT2D eigenvalue weighted by Crippen LogP contribution is 2.39. The van der Waals surface area contributed by atoms with Crippen LogP contribution in [0.1, 0.15) is 44.1 Å². The van der Waals surface area contributed by atoms with E-state index >= 15 is 0 Å². The van der Waals surface area contributed by atoms with Crippen molar-refractivity contribution in [2.45, 2.75) is 62.7 Å². The molecule has 4 fully saturated rings. The number of ether oxygens (including phenoxy) is 1. The van der Waals surface area contributed by atoms with Gasteiger partial charge < -0.3 is 24.6 Å². The average molecular weight is 526 g/mol. The summed E-state index contributed by atoms with van der Waals surface area (Å²) in [5.74, 6) is 1.63. The van der Waals surface area contributed by atoms with Crippen molar-refractivity contribution in [2.75, 3.05) is 37.7 Å². The topological polar surface area (TPSA) is 91.6 Å². The number of nitrogens with zero attached hydrogens (tertiary/aromatic N) is 6. The Morgan fingerprint density at radius 3 is 2.67 bits per heavy atom. The summed E-state index contributed by atoms with van der Waals surface area (Å²) in [6, 6.07) is 12.7. The van der Waals surface area contributed by atoms with Crippen LogP contribution in [-0.4, -0.2) is 79.9 Å². The molecule has 4 aliphatic heterocycles. The van der Waals surface area contributed by atoms with E-state index in [1.165, 1.54) is 51.6 Å². The van der Waals surface area contributed by atoms with Crippen LogP contribution >= 0.6 is 0 Å². The van der Waals surface area contributed by atoms with Crippen LogP contribution in [0, 0.1) is 0 Å². The summed E-state index contributed by atoms with van der Waals surface area (Å²) in [5, 5.41) is 15.8. The molecule has 6 heterocycles. The van der Waals surface area contributed by atoms with E-state index in [2.05, 4.69) is 25.8 Å². The molecule has 202 valence electrons. The van der Waals surface area contributed by atoms with E-state index in [0.29, 0.717) is 31.1 Å². The minimum Gasteiger partial charge on any atom is -0.508 e. The second-order valence-electron chi connectivity index (χ2n) is 11.9. The maximum Gasteiger partial charge on any atom is 0.247 e. The van der Waals surface area contributed by atoms with E-state index in [0.717, 1.165) is 46.5 Å². The van der Waals surface area contributed by atoms with Gasteiger partial charge in [0, 0.05) is 25.2 Å². The number of phenols is 1. The molecule has 2 bridgehead atoms. The van der Waals surface area contributed by atoms with Crippen LogP contribution in [0.5, 0.6) is 11.6 Å². The molecule has 4 saturated heterocycles. The predicted molar refractivity (Wildman–Crippen MR) is 150 cm³/mol. The predicted octanol–water partition coefficient (Wildman–Crippen LogP) is 3.68. The van der Waals surface area contributed by atoms with Crippen molar-refractivity contribution in [1.29, 1.82) is 0 Å².